The molecular formula is C18H19FN2O3. The highest BCUT2D eigenvalue weighted by Crippen LogP contribution is 2.21. The van der Waals surface area contributed by atoms with Crippen LogP contribution in [0.2, 0.25) is 0 Å². The molecule has 0 saturated carbocycles. The summed E-state index contributed by atoms with van der Waals surface area (Å²) in [6.45, 7) is 4.96. The molecule has 5 nitrogen and oxygen atoms in total. The molecule has 0 atom stereocenters. The summed E-state index contributed by atoms with van der Waals surface area (Å²) in [4.78, 5) is 23.0. The number of hydrogen-bond acceptors (Lipinski definition) is 3. The van der Waals surface area contributed by atoms with Crippen LogP contribution >= 0.6 is 0 Å². The van der Waals surface area contributed by atoms with Gasteiger partial charge in [0.1, 0.15) is 11.6 Å². The summed E-state index contributed by atoms with van der Waals surface area (Å²) in [5, 5.41) is 4.96. The first-order valence-corrected chi connectivity index (χ1v) is 7.42. The predicted octanol–water partition coefficient (Wildman–Crippen LogP) is 3.42. The molecule has 2 aromatic rings. The fourth-order valence-corrected chi connectivity index (χ4v) is 2.19. The van der Waals surface area contributed by atoms with Gasteiger partial charge in [-0.05, 0) is 43.7 Å². The lowest BCUT2D eigenvalue weighted by molar-refractivity contribution is -0.118. The summed E-state index contributed by atoms with van der Waals surface area (Å²) >= 11 is 0. The molecule has 126 valence electrons. The summed E-state index contributed by atoms with van der Waals surface area (Å²) in [5.74, 6) is -0.766. The molecule has 0 radical (unpaired) electrons. The maximum absolute atomic E-state index is 13.8. The van der Waals surface area contributed by atoms with Gasteiger partial charge in [0.2, 0.25) is 5.91 Å². The Bertz CT molecular complexity index is 775. The van der Waals surface area contributed by atoms with Crippen LogP contribution in [-0.2, 0) is 9.59 Å². The highest BCUT2D eigenvalue weighted by molar-refractivity contribution is 5.94. The van der Waals surface area contributed by atoms with Gasteiger partial charge in [0.15, 0.2) is 6.61 Å². The standard InChI is InChI=1S/C18H19FN2O3/c1-11-4-7-17(12(2)8-11)24-10-18(23)21-16-9-14(20-13(3)22)5-6-15(16)19/h4-9H,10H2,1-3H3,(H,20,22)(H,21,23). The van der Waals surface area contributed by atoms with E-state index in [1.54, 1.807) is 6.07 Å². The molecular weight excluding hydrogens is 311 g/mol. The molecule has 2 aromatic carbocycles. The molecule has 0 saturated heterocycles. The Morgan fingerprint density at radius 3 is 2.50 bits per heavy atom. The van der Waals surface area contributed by atoms with E-state index in [1.807, 2.05) is 26.0 Å². The van der Waals surface area contributed by atoms with Gasteiger partial charge in [-0.1, -0.05) is 17.7 Å². The lowest BCUT2D eigenvalue weighted by Gasteiger charge is -2.11. The van der Waals surface area contributed by atoms with E-state index in [0.717, 1.165) is 11.1 Å². The van der Waals surface area contributed by atoms with Crippen LogP contribution in [-0.4, -0.2) is 18.4 Å². The van der Waals surface area contributed by atoms with Gasteiger partial charge in [-0.25, -0.2) is 4.39 Å². The van der Waals surface area contributed by atoms with E-state index in [-0.39, 0.29) is 18.2 Å². The number of benzene rings is 2. The molecule has 2 rings (SSSR count). The minimum absolute atomic E-state index is 0.0181. The van der Waals surface area contributed by atoms with Gasteiger partial charge < -0.3 is 15.4 Å². The first-order chi connectivity index (χ1) is 11.3. The topological polar surface area (TPSA) is 67.4 Å². The van der Waals surface area contributed by atoms with Crippen molar-refractivity contribution in [3.05, 3.63) is 53.3 Å². The van der Waals surface area contributed by atoms with Crippen LogP contribution in [0.15, 0.2) is 36.4 Å². The summed E-state index contributed by atoms with van der Waals surface area (Å²) < 4.78 is 19.2. The number of hydrogen-bond donors (Lipinski definition) is 2. The minimum atomic E-state index is -0.594. The fraction of sp³-hybridized carbons (Fsp3) is 0.222. The second-order valence-corrected chi connectivity index (χ2v) is 5.48. The molecule has 0 aliphatic rings. The first kappa shape index (κ1) is 17.5. The molecule has 0 bridgehead atoms. The average Bonchev–Trinajstić information content (AvgIpc) is 2.49. The number of carbonyl (C=O) groups is 2. The SMILES string of the molecule is CC(=O)Nc1ccc(F)c(NC(=O)COc2ccc(C)cc2C)c1. The molecule has 0 aliphatic heterocycles. The monoisotopic (exact) mass is 330 g/mol. The second-order valence-electron chi connectivity index (χ2n) is 5.48. The van der Waals surface area contributed by atoms with Gasteiger partial charge in [-0.3, -0.25) is 9.59 Å². The van der Waals surface area contributed by atoms with Crippen molar-refractivity contribution < 1.29 is 18.7 Å². The molecule has 0 aromatic heterocycles. The maximum Gasteiger partial charge on any atom is 0.262 e. The van der Waals surface area contributed by atoms with Gasteiger partial charge in [0.25, 0.3) is 5.91 Å². The van der Waals surface area contributed by atoms with Crippen LogP contribution in [0.3, 0.4) is 0 Å². The van der Waals surface area contributed by atoms with Crippen molar-refractivity contribution in [2.75, 3.05) is 17.2 Å². The van der Waals surface area contributed by atoms with Crippen LogP contribution in [0.1, 0.15) is 18.1 Å². The third kappa shape index (κ3) is 4.81. The van der Waals surface area contributed by atoms with Crippen molar-refractivity contribution in [3.63, 3.8) is 0 Å². The van der Waals surface area contributed by atoms with E-state index in [4.69, 9.17) is 4.74 Å². The normalized spacial score (nSPS) is 10.2. The molecule has 0 heterocycles. The highest BCUT2D eigenvalue weighted by Gasteiger charge is 2.10. The predicted molar refractivity (Wildman–Crippen MR) is 90.7 cm³/mol. The van der Waals surface area contributed by atoms with Crippen LogP contribution in [0.5, 0.6) is 5.75 Å². The summed E-state index contributed by atoms with van der Waals surface area (Å²) in [5.41, 5.74) is 2.40. The van der Waals surface area contributed by atoms with Crippen molar-refractivity contribution in [3.8, 4) is 5.75 Å². The molecule has 2 N–H and O–H groups in total. The molecule has 0 unspecified atom stereocenters. The van der Waals surface area contributed by atoms with Crippen LogP contribution < -0.4 is 15.4 Å². The molecule has 0 fully saturated rings. The molecule has 6 heteroatoms. The number of aryl methyl sites for hydroxylation is 2. The number of amides is 2. The van der Waals surface area contributed by atoms with Crippen molar-refractivity contribution >= 4 is 23.2 Å². The zero-order chi connectivity index (χ0) is 17.7. The number of rotatable bonds is 5. The number of nitrogens with one attached hydrogen (secondary N) is 2. The van der Waals surface area contributed by atoms with Crippen LogP contribution in [0, 0.1) is 19.7 Å². The third-order valence-electron chi connectivity index (χ3n) is 3.25. The van der Waals surface area contributed by atoms with Gasteiger partial charge in [-0.15, -0.1) is 0 Å². The average molecular weight is 330 g/mol. The second kappa shape index (κ2) is 7.59. The van der Waals surface area contributed by atoms with Crippen LogP contribution in [0.25, 0.3) is 0 Å². The van der Waals surface area contributed by atoms with Gasteiger partial charge >= 0.3 is 0 Å². The van der Waals surface area contributed by atoms with E-state index in [9.17, 15) is 14.0 Å². The van der Waals surface area contributed by atoms with Crippen LogP contribution in [0.4, 0.5) is 15.8 Å². The lowest BCUT2D eigenvalue weighted by Crippen LogP contribution is -2.21. The van der Waals surface area contributed by atoms with E-state index in [2.05, 4.69) is 10.6 Å². The Balaban J connectivity index is 2.00. The van der Waals surface area contributed by atoms with E-state index in [0.29, 0.717) is 11.4 Å². The zero-order valence-corrected chi connectivity index (χ0v) is 13.8. The zero-order valence-electron chi connectivity index (χ0n) is 13.8. The number of halogens is 1. The molecule has 0 spiro atoms. The Morgan fingerprint density at radius 1 is 1.08 bits per heavy atom. The minimum Gasteiger partial charge on any atom is -0.483 e. The summed E-state index contributed by atoms with van der Waals surface area (Å²) in [7, 11) is 0. The van der Waals surface area contributed by atoms with E-state index < -0.39 is 11.7 Å². The van der Waals surface area contributed by atoms with Gasteiger partial charge in [-0.2, -0.15) is 0 Å². The van der Waals surface area contributed by atoms with Crippen molar-refractivity contribution in [2.24, 2.45) is 0 Å². The van der Waals surface area contributed by atoms with E-state index >= 15 is 0 Å². The van der Waals surface area contributed by atoms with Crippen molar-refractivity contribution in [1.29, 1.82) is 0 Å². The Morgan fingerprint density at radius 2 is 1.83 bits per heavy atom. The van der Waals surface area contributed by atoms with Crippen molar-refractivity contribution in [1.82, 2.24) is 0 Å². The summed E-state index contributed by atoms with van der Waals surface area (Å²) in [6, 6.07) is 9.56. The lowest BCUT2D eigenvalue weighted by atomic mass is 10.1. The highest BCUT2D eigenvalue weighted by atomic mass is 19.1. The Kier molecular flexibility index (Phi) is 5.52. The Labute approximate surface area is 139 Å². The third-order valence-corrected chi connectivity index (χ3v) is 3.25. The summed E-state index contributed by atoms with van der Waals surface area (Å²) in [6.07, 6.45) is 0. The Hall–Kier alpha value is -2.89. The van der Waals surface area contributed by atoms with Crippen molar-refractivity contribution in [2.45, 2.75) is 20.8 Å². The quantitative estimate of drug-likeness (QED) is 0.883. The number of ether oxygens (including phenoxy) is 1. The maximum atomic E-state index is 13.8. The van der Waals surface area contributed by atoms with Gasteiger partial charge in [0.05, 0.1) is 5.69 Å². The number of anilines is 2. The largest absolute Gasteiger partial charge is 0.483 e. The fourth-order valence-electron chi connectivity index (χ4n) is 2.19. The smallest absolute Gasteiger partial charge is 0.262 e. The number of carbonyl (C=O) groups excluding carboxylic acids is 2. The van der Waals surface area contributed by atoms with Gasteiger partial charge in [0, 0.05) is 12.6 Å². The molecule has 2 amide bonds. The molecule has 24 heavy (non-hydrogen) atoms. The van der Waals surface area contributed by atoms with E-state index in [1.165, 1.54) is 25.1 Å². The molecule has 0 aliphatic carbocycles. The first-order valence-electron chi connectivity index (χ1n) is 7.42.